The van der Waals surface area contributed by atoms with Gasteiger partial charge in [-0.05, 0) is 73.6 Å². The smallest absolute Gasteiger partial charge is 0.167 e. The molecule has 36 heavy (non-hydrogen) atoms. The second-order valence-electron chi connectivity index (χ2n) is 9.39. The number of ether oxygens (including phenoxy) is 2. The van der Waals surface area contributed by atoms with Gasteiger partial charge < -0.3 is 9.47 Å². The van der Waals surface area contributed by atoms with E-state index in [9.17, 15) is 17.6 Å². The predicted molar refractivity (Wildman–Crippen MR) is 133 cm³/mol. The average Bonchev–Trinajstić information content (AvgIpc) is 2.91. The third-order valence-electron chi connectivity index (χ3n) is 7.21. The van der Waals surface area contributed by atoms with Crippen molar-refractivity contribution in [3.05, 3.63) is 94.1 Å². The van der Waals surface area contributed by atoms with Crippen LogP contribution in [0.15, 0.2) is 48.5 Å². The third-order valence-corrected chi connectivity index (χ3v) is 7.21. The maximum atomic E-state index is 14.9. The van der Waals surface area contributed by atoms with Gasteiger partial charge in [-0.15, -0.1) is 0 Å². The van der Waals surface area contributed by atoms with Crippen LogP contribution >= 0.6 is 0 Å². The van der Waals surface area contributed by atoms with Crippen LogP contribution in [0.2, 0.25) is 0 Å². The van der Waals surface area contributed by atoms with E-state index in [0.29, 0.717) is 36.1 Å². The van der Waals surface area contributed by atoms with Crippen molar-refractivity contribution in [2.24, 2.45) is 0 Å². The third kappa shape index (κ3) is 5.81. The van der Waals surface area contributed by atoms with Crippen molar-refractivity contribution in [3.8, 4) is 11.1 Å². The Bertz CT molecular complexity index is 1170. The van der Waals surface area contributed by atoms with Crippen molar-refractivity contribution in [1.29, 1.82) is 0 Å². The van der Waals surface area contributed by atoms with Crippen molar-refractivity contribution in [3.63, 3.8) is 0 Å². The Morgan fingerprint density at radius 1 is 0.722 bits per heavy atom. The molecule has 0 heterocycles. The normalized spacial score (nSPS) is 17.9. The molecule has 0 bridgehead atoms. The number of benzene rings is 3. The molecule has 0 N–H and O–H groups in total. The minimum absolute atomic E-state index is 0.0194. The highest BCUT2D eigenvalue weighted by Crippen LogP contribution is 2.36. The number of methoxy groups -OCH3 is 1. The lowest BCUT2D eigenvalue weighted by Gasteiger charge is -2.28. The molecule has 0 amide bonds. The van der Waals surface area contributed by atoms with E-state index in [4.69, 9.17) is 9.47 Å². The lowest BCUT2D eigenvalue weighted by atomic mass is 9.82. The molecule has 0 aromatic heterocycles. The van der Waals surface area contributed by atoms with Crippen LogP contribution in [0, 0.1) is 23.3 Å². The number of halogens is 4. The van der Waals surface area contributed by atoms with Gasteiger partial charge in [0.15, 0.2) is 23.3 Å². The highest BCUT2D eigenvalue weighted by molar-refractivity contribution is 5.65. The quantitative estimate of drug-likeness (QED) is 0.278. The second-order valence-corrected chi connectivity index (χ2v) is 9.39. The molecule has 4 rings (SSSR count). The molecule has 0 aliphatic heterocycles. The van der Waals surface area contributed by atoms with E-state index in [1.54, 1.807) is 56.5 Å². The van der Waals surface area contributed by atoms with Crippen LogP contribution in [-0.4, -0.2) is 19.8 Å². The van der Waals surface area contributed by atoms with E-state index in [1.165, 1.54) is 6.07 Å². The Kier molecular flexibility index (Phi) is 8.81. The van der Waals surface area contributed by atoms with Gasteiger partial charge in [0.25, 0.3) is 0 Å². The van der Waals surface area contributed by atoms with Crippen molar-refractivity contribution < 1.29 is 27.0 Å². The lowest BCUT2D eigenvalue weighted by Crippen LogP contribution is -2.20. The Morgan fingerprint density at radius 3 is 2.06 bits per heavy atom. The lowest BCUT2D eigenvalue weighted by molar-refractivity contribution is 0.0655. The fourth-order valence-electron chi connectivity index (χ4n) is 4.99. The number of aryl methyl sites for hydroxylation is 2. The van der Waals surface area contributed by atoms with Gasteiger partial charge in [-0.2, -0.15) is 0 Å². The van der Waals surface area contributed by atoms with Gasteiger partial charge in [0.05, 0.1) is 12.7 Å². The molecule has 192 valence electrons. The molecule has 0 spiro atoms. The average molecular weight is 501 g/mol. The van der Waals surface area contributed by atoms with Gasteiger partial charge in [0.2, 0.25) is 0 Å². The van der Waals surface area contributed by atoms with Crippen molar-refractivity contribution in [1.82, 2.24) is 0 Å². The Labute approximate surface area is 210 Å². The topological polar surface area (TPSA) is 18.5 Å². The molecular weight excluding hydrogens is 468 g/mol. The van der Waals surface area contributed by atoms with Gasteiger partial charge in [-0.1, -0.05) is 48.5 Å². The van der Waals surface area contributed by atoms with E-state index >= 15 is 0 Å². The molecule has 1 fully saturated rings. The van der Waals surface area contributed by atoms with Crippen LogP contribution < -0.4 is 0 Å². The molecule has 1 aliphatic rings. The molecule has 3 aromatic rings. The fourth-order valence-corrected chi connectivity index (χ4v) is 4.99. The Balaban J connectivity index is 1.41. The monoisotopic (exact) mass is 500 g/mol. The number of rotatable bonds is 9. The van der Waals surface area contributed by atoms with Crippen molar-refractivity contribution in [2.75, 3.05) is 13.7 Å². The molecule has 6 heteroatoms. The van der Waals surface area contributed by atoms with Gasteiger partial charge in [0.1, 0.15) is 0 Å². The van der Waals surface area contributed by atoms with Crippen LogP contribution in [0.25, 0.3) is 11.1 Å². The van der Waals surface area contributed by atoms with E-state index in [2.05, 4.69) is 0 Å². The highest BCUT2D eigenvalue weighted by Gasteiger charge is 2.26. The molecule has 0 saturated heterocycles. The minimum atomic E-state index is -0.909. The molecule has 0 atom stereocenters. The molecule has 0 radical (unpaired) electrons. The van der Waals surface area contributed by atoms with E-state index in [0.717, 1.165) is 31.2 Å². The number of hydrogen-bond donors (Lipinski definition) is 0. The van der Waals surface area contributed by atoms with Crippen LogP contribution in [-0.2, 0) is 28.9 Å². The zero-order valence-corrected chi connectivity index (χ0v) is 20.8. The molecule has 3 aromatic carbocycles. The summed E-state index contributed by atoms with van der Waals surface area (Å²) in [6.07, 6.45) is 4.34. The summed E-state index contributed by atoms with van der Waals surface area (Å²) in [6.45, 7) is 2.23. The Morgan fingerprint density at radius 2 is 1.39 bits per heavy atom. The Hall–Kier alpha value is -2.70. The standard InChI is InChI=1S/C30H32F4O2/c1-3-36-18-23-13-17-26(30(34)28(23)32)20-7-4-19(5-8-20)6-9-22-12-16-25(29(33)27(22)31)21-10-14-24(35-2)15-11-21/h4-5,7-8,12-13,16-17,21,24H,3,6,9-11,14-15,18H2,1-2H3. The van der Waals surface area contributed by atoms with E-state index in [-0.39, 0.29) is 29.8 Å². The molecule has 2 nitrogen and oxygen atoms in total. The van der Waals surface area contributed by atoms with Gasteiger partial charge in [-0.3, -0.25) is 0 Å². The SMILES string of the molecule is CCOCc1ccc(-c2ccc(CCc3ccc(C4CCC(OC)CC4)c(F)c3F)cc2)c(F)c1F. The van der Waals surface area contributed by atoms with Crippen LogP contribution in [0.5, 0.6) is 0 Å². The summed E-state index contributed by atoms with van der Waals surface area (Å²) in [4.78, 5) is 0. The second kappa shape index (κ2) is 12.0. The highest BCUT2D eigenvalue weighted by atomic mass is 19.2. The first-order valence-electron chi connectivity index (χ1n) is 12.6. The maximum absolute atomic E-state index is 14.9. The first-order chi connectivity index (χ1) is 17.4. The molecular formula is C30H32F4O2. The van der Waals surface area contributed by atoms with Crippen molar-refractivity contribution in [2.45, 2.75) is 64.1 Å². The summed E-state index contributed by atoms with van der Waals surface area (Å²) in [5.41, 5.74) is 2.58. The van der Waals surface area contributed by atoms with Gasteiger partial charge >= 0.3 is 0 Å². The van der Waals surface area contributed by atoms with E-state index in [1.807, 2.05) is 0 Å². The summed E-state index contributed by atoms with van der Waals surface area (Å²) in [7, 11) is 1.69. The van der Waals surface area contributed by atoms with Crippen LogP contribution in [0.4, 0.5) is 17.6 Å². The molecule has 1 saturated carbocycles. The molecule has 0 unspecified atom stereocenters. The molecule has 1 aliphatic carbocycles. The summed E-state index contributed by atoms with van der Waals surface area (Å²) >= 11 is 0. The minimum Gasteiger partial charge on any atom is -0.381 e. The summed E-state index contributed by atoms with van der Waals surface area (Å²) in [5.74, 6) is -3.31. The first-order valence-corrected chi connectivity index (χ1v) is 12.6. The fraction of sp³-hybridized carbons (Fsp3) is 0.400. The van der Waals surface area contributed by atoms with Crippen molar-refractivity contribution >= 4 is 0 Å². The van der Waals surface area contributed by atoms with Crippen LogP contribution in [0.1, 0.15) is 60.8 Å². The van der Waals surface area contributed by atoms with Crippen LogP contribution in [0.3, 0.4) is 0 Å². The predicted octanol–water partition coefficient (Wildman–Crippen LogP) is 7.90. The zero-order chi connectivity index (χ0) is 25.7. The summed E-state index contributed by atoms with van der Waals surface area (Å²) in [6, 6.07) is 13.5. The first kappa shape index (κ1) is 26.4. The summed E-state index contributed by atoms with van der Waals surface area (Å²) < 4.78 is 69.3. The largest absolute Gasteiger partial charge is 0.381 e. The number of hydrogen-bond acceptors (Lipinski definition) is 2. The van der Waals surface area contributed by atoms with Gasteiger partial charge in [0, 0.05) is 24.8 Å². The maximum Gasteiger partial charge on any atom is 0.167 e. The summed E-state index contributed by atoms with van der Waals surface area (Å²) in [5, 5.41) is 0. The van der Waals surface area contributed by atoms with E-state index < -0.39 is 23.3 Å². The van der Waals surface area contributed by atoms with Gasteiger partial charge in [-0.25, -0.2) is 17.6 Å². The zero-order valence-electron chi connectivity index (χ0n) is 20.8.